The van der Waals surface area contributed by atoms with Crippen LogP contribution in [0, 0.1) is 13.8 Å². The highest BCUT2D eigenvalue weighted by Crippen LogP contribution is 2.24. The summed E-state index contributed by atoms with van der Waals surface area (Å²) in [5, 5.41) is 4.38. The largest absolute Gasteiger partial charge is 0.483 e. The number of hydrogen-bond acceptors (Lipinski definition) is 6. The normalized spacial score (nSPS) is 11.6. The summed E-state index contributed by atoms with van der Waals surface area (Å²) in [6.45, 7) is 2.51. The molecule has 9 heteroatoms. The zero-order valence-corrected chi connectivity index (χ0v) is 13.8. The van der Waals surface area contributed by atoms with Crippen LogP contribution in [0.25, 0.3) is 10.9 Å². The zero-order chi connectivity index (χ0) is 17.3. The highest BCUT2D eigenvalue weighted by molar-refractivity contribution is 7.90. The van der Waals surface area contributed by atoms with Crippen molar-refractivity contribution >= 4 is 26.8 Å². The van der Waals surface area contributed by atoms with Crippen LogP contribution in [0.15, 0.2) is 39.9 Å². The quantitative estimate of drug-likeness (QED) is 0.724. The number of benzene rings is 1. The van der Waals surface area contributed by atoms with Gasteiger partial charge < -0.3 is 14.2 Å². The van der Waals surface area contributed by atoms with Crippen molar-refractivity contribution in [3.63, 3.8) is 0 Å². The standard InChI is InChI=1S/C15H15N3O5S/c1-9-15(10(2)23-17-9)24(20,21)18-14(19)8-22-13-5-3-4-12-11(13)6-7-16-12/h3-7,16H,8H2,1-2H3,(H,18,19). The van der Waals surface area contributed by atoms with Crippen LogP contribution >= 0.6 is 0 Å². The molecule has 0 saturated heterocycles. The van der Waals surface area contributed by atoms with Crippen molar-refractivity contribution in [2.75, 3.05) is 6.61 Å². The van der Waals surface area contributed by atoms with E-state index in [1.54, 1.807) is 18.3 Å². The van der Waals surface area contributed by atoms with Crippen molar-refractivity contribution in [3.8, 4) is 5.75 Å². The average Bonchev–Trinajstić information content (AvgIpc) is 3.11. The third kappa shape index (κ3) is 2.98. The third-order valence-corrected chi connectivity index (χ3v) is 5.02. The van der Waals surface area contributed by atoms with Crippen LogP contribution in [0.4, 0.5) is 0 Å². The summed E-state index contributed by atoms with van der Waals surface area (Å²) in [5.41, 5.74) is 1.04. The number of H-pyrrole nitrogens is 1. The lowest BCUT2D eigenvalue weighted by Gasteiger charge is -2.09. The van der Waals surface area contributed by atoms with Crippen molar-refractivity contribution in [1.82, 2.24) is 14.9 Å². The number of aromatic amines is 1. The van der Waals surface area contributed by atoms with Crippen LogP contribution in [0.1, 0.15) is 11.5 Å². The fourth-order valence-electron chi connectivity index (χ4n) is 2.41. The first-order valence-corrected chi connectivity index (χ1v) is 8.54. The van der Waals surface area contributed by atoms with E-state index < -0.39 is 22.5 Å². The maximum absolute atomic E-state index is 12.2. The minimum absolute atomic E-state index is 0.116. The Hall–Kier alpha value is -2.81. The van der Waals surface area contributed by atoms with E-state index in [9.17, 15) is 13.2 Å². The summed E-state index contributed by atoms with van der Waals surface area (Å²) in [6, 6.07) is 7.15. The molecule has 0 radical (unpaired) electrons. The molecule has 24 heavy (non-hydrogen) atoms. The van der Waals surface area contributed by atoms with Crippen molar-refractivity contribution in [2.24, 2.45) is 0 Å². The molecular weight excluding hydrogens is 334 g/mol. The fraction of sp³-hybridized carbons (Fsp3) is 0.200. The van der Waals surface area contributed by atoms with Gasteiger partial charge in [0.15, 0.2) is 17.3 Å². The van der Waals surface area contributed by atoms with Gasteiger partial charge in [0.25, 0.3) is 15.9 Å². The second-order valence-electron chi connectivity index (χ2n) is 5.17. The van der Waals surface area contributed by atoms with E-state index in [1.807, 2.05) is 16.9 Å². The van der Waals surface area contributed by atoms with Gasteiger partial charge in [-0.2, -0.15) is 0 Å². The third-order valence-electron chi connectivity index (χ3n) is 3.40. The predicted molar refractivity (Wildman–Crippen MR) is 85.1 cm³/mol. The van der Waals surface area contributed by atoms with Crippen molar-refractivity contribution in [3.05, 3.63) is 41.9 Å². The first-order chi connectivity index (χ1) is 11.4. The second kappa shape index (κ2) is 6.00. The van der Waals surface area contributed by atoms with Crippen molar-refractivity contribution in [1.29, 1.82) is 0 Å². The smallest absolute Gasteiger partial charge is 0.271 e. The summed E-state index contributed by atoms with van der Waals surface area (Å²) in [7, 11) is -4.06. The Balaban J connectivity index is 1.71. The highest BCUT2D eigenvalue weighted by atomic mass is 32.2. The van der Waals surface area contributed by atoms with Crippen molar-refractivity contribution in [2.45, 2.75) is 18.7 Å². The number of ether oxygens (including phenoxy) is 1. The fourth-order valence-corrected chi connectivity index (χ4v) is 3.72. The van der Waals surface area contributed by atoms with Gasteiger partial charge in [0.05, 0.1) is 0 Å². The molecule has 126 valence electrons. The van der Waals surface area contributed by atoms with E-state index in [0.29, 0.717) is 5.75 Å². The molecule has 0 saturated carbocycles. The first-order valence-electron chi connectivity index (χ1n) is 7.06. The van der Waals surface area contributed by atoms with Crippen LogP contribution in [0.2, 0.25) is 0 Å². The van der Waals surface area contributed by atoms with Gasteiger partial charge in [-0.15, -0.1) is 0 Å². The molecule has 0 unspecified atom stereocenters. The van der Waals surface area contributed by atoms with Gasteiger partial charge in [-0.05, 0) is 32.0 Å². The Morgan fingerprint density at radius 2 is 2.12 bits per heavy atom. The number of nitrogens with one attached hydrogen (secondary N) is 2. The van der Waals surface area contributed by atoms with Gasteiger partial charge in [-0.25, -0.2) is 13.1 Å². The van der Waals surface area contributed by atoms with Crippen LogP contribution in [-0.2, 0) is 14.8 Å². The topological polar surface area (TPSA) is 114 Å². The number of nitrogens with zero attached hydrogens (tertiary/aromatic N) is 1. The van der Waals surface area contributed by atoms with E-state index in [0.717, 1.165) is 10.9 Å². The maximum Gasteiger partial charge on any atom is 0.271 e. The molecule has 0 fully saturated rings. The lowest BCUT2D eigenvalue weighted by atomic mass is 10.2. The van der Waals surface area contributed by atoms with Crippen LogP contribution in [0.3, 0.4) is 0 Å². The molecular formula is C15H15N3O5S. The lowest BCUT2D eigenvalue weighted by Crippen LogP contribution is -2.34. The van der Waals surface area contributed by atoms with E-state index in [1.165, 1.54) is 13.8 Å². The molecule has 0 atom stereocenters. The van der Waals surface area contributed by atoms with E-state index in [2.05, 4.69) is 10.1 Å². The number of sulfonamides is 1. The molecule has 3 aromatic rings. The summed E-state index contributed by atoms with van der Waals surface area (Å²) in [5.74, 6) is -0.188. The van der Waals surface area contributed by atoms with Crippen LogP contribution in [-0.4, -0.2) is 31.1 Å². The summed E-state index contributed by atoms with van der Waals surface area (Å²) >= 11 is 0. The molecule has 8 nitrogen and oxygen atoms in total. The molecule has 0 aliphatic heterocycles. The molecule has 0 bridgehead atoms. The lowest BCUT2D eigenvalue weighted by molar-refractivity contribution is -0.121. The predicted octanol–water partition coefficient (Wildman–Crippen LogP) is 1.66. The molecule has 2 aromatic heterocycles. The Bertz CT molecular complexity index is 984. The van der Waals surface area contributed by atoms with Gasteiger partial charge in [-0.3, -0.25) is 4.79 Å². The molecule has 0 aliphatic carbocycles. The van der Waals surface area contributed by atoms with Gasteiger partial charge in [0, 0.05) is 17.1 Å². The minimum Gasteiger partial charge on any atom is -0.483 e. The van der Waals surface area contributed by atoms with E-state index >= 15 is 0 Å². The molecule has 1 amide bonds. The Labute approximate surface area is 137 Å². The van der Waals surface area contributed by atoms with Gasteiger partial charge >= 0.3 is 0 Å². The van der Waals surface area contributed by atoms with Crippen LogP contribution < -0.4 is 9.46 Å². The average molecular weight is 349 g/mol. The van der Waals surface area contributed by atoms with E-state index in [-0.39, 0.29) is 16.3 Å². The molecule has 0 aliphatic rings. The van der Waals surface area contributed by atoms with Gasteiger partial charge in [0.2, 0.25) is 0 Å². The van der Waals surface area contributed by atoms with E-state index in [4.69, 9.17) is 9.26 Å². The number of fused-ring (bicyclic) bond motifs is 1. The molecule has 2 N–H and O–H groups in total. The number of rotatable bonds is 5. The zero-order valence-electron chi connectivity index (χ0n) is 13.0. The monoisotopic (exact) mass is 349 g/mol. The SMILES string of the molecule is Cc1noc(C)c1S(=O)(=O)NC(=O)COc1cccc2[nH]ccc12. The number of carbonyl (C=O) groups is 1. The second-order valence-corrected chi connectivity index (χ2v) is 6.78. The molecule has 0 spiro atoms. The highest BCUT2D eigenvalue weighted by Gasteiger charge is 2.26. The number of aryl methyl sites for hydroxylation is 2. The number of carbonyl (C=O) groups excluding carboxylic acids is 1. The van der Waals surface area contributed by atoms with Gasteiger partial charge in [0.1, 0.15) is 11.4 Å². The van der Waals surface area contributed by atoms with Crippen molar-refractivity contribution < 1.29 is 22.5 Å². The minimum atomic E-state index is -4.06. The maximum atomic E-state index is 12.2. The molecule has 3 rings (SSSR count). The van der Waals surface area contributed by atoms with Crippen LogP contribution in [0.5, 0.6) is 5.75 Å². The summed E-state index contributed by atoms with van der Waals surface area (Å²) < 4.78 is 36.7. The molecule has 1 aromatic carbocycles. The summed E-state index contributed by atoms with van der Waals surface area (Å²) in [6.07, 6.45) is 1.75. The molecule has 2 heterocycles. The Kier molecular flexibility index (Phi) is 4.02. The number of hydrogen-bond donors (Lipinski definition) is 2. The number of amides is 1. The Morgan fingerprint density at radius 3 is 2.83 bits per heavy atom. The number of aromatic nitrogens is 2. The summed E-state index contributed by atoms with van der Waals surface area (Å²) in [4.78, 5) is 14.8. The Morgan fingerprint density at radius 1 is 1.33 bits per heavy atom. The first kappa shape index (κ1) is 16.1. The van der Waals surface area contributed by atoms with Gasteiger partial charge in [-0.1, -0.05) is 11.2 Å².